The van der Waals surface area contributed by atoms with Crippen LogP contribution < -0.4 is 4.72 Å². The molecule has 0 heterocycles. The number of sulfonamides is 1. The van der Waals surface area contributed by atoms with E-state index in [1.54, 1.807) is 0 Å². The third-order valence-corrected chi connectivity index (χ3v) is 5.61. The van der Waals surface area contributed by atoms with Gasteiger partial charge in [0.1, 0.15) is 0 Å². The number of carboxylic acids is 1. The van der Waals surface area contributed by atoms with E-state index in [9.17, 15) is 26.4 Å². The number of hydrogen-bond acceptors (Lipinski definition) is 3. The van der Waals surface area contributed by atoms with Crippen molar-refractivity contribution in [1.82, 2.24) is 4.72 Å². The molecule has 0 radical (unpaired) electrons. The topological polar surface area (TPSA) is 83.5 Å². The first kappa shape index (κ1) is 21.4. The Kier molecular flexibility index (Phi) is 6.66. The average molecular weight is 466 g/mol. The molecule has 0 aliphatic carbocycles. The number of halogens is 4. The third kappa shape index (κ3) is 6.05. The van der Waals surface area contributed by atoms with Crippen molar-refractivity contribution in [2.24, 2.45) is 0 Å². The van der Waals surface area contributed by atoms with Gasteiger partial charge in [0.15, 0.2) is 0 Å². The highest BCUT2D eigenvalue weighted by Gasteiger charge is 2.33. The zero-order chi connectivity index (χ0) is 20.2. The Hall–Kier alpha value is -1.91. The smallest absolute Gasteiger partial charge is 0.416 e. The fourth-order valence-electron chi connectivity index (χ4n) is 2.27. The molecule has 146 valence electrons. The summed E-state index contributed by atoms with van der Waals surface area (Å²) in [7, 11) is -4.28. The van der Waals surface area contributed by atoms with Crippen molar-refractivity contribution in [3.8, 4) is 0 Å². The number of alkyl halides is 3. The minimum Gasteiger partial charge on any atom is -0.478 e. The average Bonchev–Trinajstić information content (AvgIpc) is 2.59. The van der Waals surface area contributed by atoms with Crippen molar-refractivity contribution < 1.29 is 31.5 Å². The molecule has 0 atom stereocenters. The van der Waals surface area contributed by atoms with E-state index in [4.69, 9.17) is 5.11 Å². The molecule has 0 unspecified atom stereocenters. The lowest BCUT2D eigenvalue weighted by atomic mass is 10.1. The number of carbonyl (C=O) groups is 1. The van der Waals surface area contributed by atoms with E-state index in [1.165, 1.54) is 0 Å². The molecule has 0 aliphatic rings. The van der Waals surface area contributed by atoms with E-state index in [0.717, 1.165) is 10.0 Å². The quantitative estimate of drug-likeness (QED) is 0.603. The van der Waals surface area contributed by atoms with Gasteiger partial charge in [-0.15, -0.1) is 0 Å². The number of nitrogens with one attached hydrogen (secondary N) is 1. The van der Waals surface area contributed by atoms with Gasteiger partial charge in [-0.25, -0.2) is 17.9 Å². The summed E-state index contributed by atoms with van der Waals surface area (Å²) in [5, 5.41) is 8.94. The molecule has 0 bridgehead atoms. The maximum Gasteiger partial charge on any atom is 0.416 e. The zero-order valence-corrected chi connectivity index (χ0v) is 16.2. The van der Waals surface area contributed by atoms with E-state index in [0.29, 0.717) is 31.0 Å². The van der Waals surface area contributed by atoms with Crippen LogP contribution in [0.1, 0.15) is 27.9 Å². The molecule has 0 amide bonds. The lowest BCUT2D eigenvalue weighted by Gasteiger charge is -2.12. The summed E-state index contributed by atoms with van der Waals surface area (Å²) in [5.41, 5.74) is -1.11. The maximum atomic E-state index is 12.9. The second kappa shape index (κ2) is 8.41. The van der Waals surface area contributed by atoms with Gasteiger partial charge in [-0.3, -0.25) is 0 Å². The minimum atomic E-state index is -4.86. The maximum absolute atomic E-state index is 12.9. The number of aromatic carboxylic acids is 1. The summed E-state index contributed by atoms with van der Waals surface area (Å²) >= 11 is 3.30. The van der Waals surface area contributed by atoms with Gasteiger partial charge >= 0.3 is 12.1 Å². The third-order valence-electron chi connectivity index (χ3n) is 3.64. The van der Waals surface area contributed by atoms with E-state index in [2.05, 4.69) is 20.7 Å². The first-order chi connectivity index (χ1) is 12.5. The van der Waals surface area contributed by atoms with Crippen molar-refractivity contribution in [2.45, 2.75) is 23.9 Å². The van der Waals surface area contributed by atoms with Crippen LogP contribution in [0, 0.1) is 0 Å². The fraction of sp³-hybridized carbons (Fsp3) is 0.235. The highest BCUT2D eigenvalue weighted by Crippen LogP contribution is 2.31. The molecule has 2 aromatic rings. The first-order valence-electron chi connectivity index (χ1n) is 7.69. The molecule has 0 saturated carbocycles. The molecular formula is C17H15BrF3NO4S. The second-order valence-electron chi connectivity index (χ2n) is 5.68. The van der Waals surface area contributed by atoms with E-state index >= 15 is 0 Å². The van der Waals surface area contributed by atoms with Crippen LogP contribution in [0.5, 0.6) is 0 Å². The van der Waals surface area contributed by atoms with Crippen LogP contribution in [0.15, 0.2) is 51.8 Å². The number of rotatable bonds is 7. The second-order valence-corrected chi connectivity index (χ2v) is 8.36. The van der Waals surface area contributed by atoms with Gasteiger partial charge in [0, 0.05) is 11.0 Å². The summed E-state index contributed by atoms with van der Waals surface area (Å²) < 4.78 is 66.4. The Morgan fingerprint density at radius 2 is 1.74 bits per heavy atom. The number of carboxylic acid groups (broad SMARTS) is 1. The molecule has 0 aromatic heterocycles. The Morgan fingerprint density at radius 3 is 2.30 bits per heavy atom. The summed E-state index contributed by atoms with van der Waals surface area (Å²) in [6.07, 6.45) is -3.87. The molecule has 10 heteroatoms. The molecule has 2 N–H and O–H groups in total. The van der Waals surface area contributed by atoms with Crippen molar-refractivity contribution in [1.29, 1.82) is 0 Å². The van der Waals surface area contributed by atoms with Crippen molar-refractivity contribution in [2.75, 3.05) is 6.54 Å². The summed E-state index contributed by atoms with van der Waals surface area (Å²) in [4.78, 5) is 10.3. The van der Waals surface area contributed by atoms with Crippen LogP contribution in [0.3, 0.4) is 0 Å². The predicted octanol–water partition coefficient (Wildman–Crippen LogP) is 4.08. The molecule has 2 aromatic carbocycles. The van der Waals surface area contributed by atoms with Gasteiger partial charge < -0.3 is 5.11 Å². The SMILES string of the molecule is O=C(O)c1cc(C(F)(F)F)cc(S(=O)(=O)NCCCc2ccc(Br)cc2)c1. The van der Waals surface area contributed by atoms with Crippen molar-refractivity contribution >= 4 is 31.9 Å². The van der Waals surface area contributed by atoms with Crippen LogP contribution in [0.4, 0.5) is 13.2 Å². The monoisotopic (exact) mass is 465 g/mol. The molecule has 27 heavy (non-hydrogen) atoms. The van der Waals surface area contributed by atoms with Gasteiger partial charge in [-0.05, 0) is 48.7 Å². The molecule has 0 spiro atoms. The van der Waals surface area contributed by atoms with Gasteiger partial charge in [0.2, 0.25) is 10.0 Å². The van der Waals surface area contributed by atoms with Crippen LogP contribution in [0.2, 0.25) is 0 Å². The Labute approximate surface area is 162 Å². The summed E-state index contributed by atoms with van der Waals surface area (Å²) in [6, 6.07) is 8.94. The van der Waals surface area contributed by atoms with Gasteiger partial charge in [0.25, 0.3) is 0 Å². The number of hydrogen-bond donors (Lipinski definition) is 2. The van der Waals surface area contributed by atoms with Crippen LogP contribution in [-0.2, 0) is 22.6 Å². The highest BCUT2D eigenvalue weighted by atomic mass is 79.9. The molecular weight excluding hydrogens is 451 g/mol. The minimum absolute atomic E-state index is 0.00293. The number of aryl methyl sites for hydroxylation is 1. The van der Waals surface area contributed by atoms with E-state index in [-0.39, 0.29) is 6.54 Å². The molecule has 5 nitrogen and oxygen atoms in total. The number of benzene rings is 2. The van der Waals surface area contributed by atoms with Crippen molar-refractivity contribution in [3.05, 3.63) is 63.6 Å². The Balaban J connectivity index is 2.12. The van der Waals surface area contributed by atoms with Crippen LogP contribution >= 0.6 is 15.9 Å². The lowest BCUT2D eigenvalue weighted by molar-refractivity contribution is -0.137. The van der Waals surface area contributed by atoms with Crippen LogP contribution in [0.25, 0.3) is 0 Å². The lowest BCUT2D eigenvalue weighted by Crippen LogP contribution is -2.26. The van der Waals surface area contributed by atoms with Gasteiger partial charge in [-0.1, -0.05) is 28.1 Å². The van der Waals surface area contributed by atoms with E-state index in [1.807, 2.05) is 24.3 Å². The van der Waals surface area contributed by atoms with Crippen molar-refractivity contribution in [3.63, 3.8) is 0 Å². The molecule has 2 rings (SSSR count). The predicted molar refractivity (Wildman–Crippen MR) is 96.1 cm³/mol. The highest BCUT2D eigenvalue weighted by molar-refractivity contribution is 9.10. The summed E-state index contributed by atoms with van der Waals surface area (Å²) in [6.45, 7) is -0.00293. The molecule has 0 aliphatic heterocycles. The normalized spacial score (nSPS) is 12.1. The molecule has 0 saturated heterocycles. The van der Waals surface area contributed by atoms with E-state index < -0.39 is 38.2 Å². The Bertz CT molecular complexity index is 928. The first-order valence-corrected chi connectivity index (χ1v) is 9.96. The summed E-state index contributed by atoms with van der Waals surface area (Å²) in [5.74, 6) is -1.65. The zero-order valence-electron chi connectivity index (χ0n) is 13.8. The van der Waals surface area contributed by atoms with Gasteiger partial charge in [0.05, 0.1) is 16.0 Å². The van der Waals surface area contributed by atoms with Gasteiger partial charge in [-0.2, -0.15) is 13.2 Å². The standard InChI is InChI=1S/C17H15BrF3NO4S/c18-14-5-3-11(4-6-14)2-1-7-22-27(25,26)15-9-12(16(23)24)8-13(10-15)17(19,20)21/h3-6,8-10,22H,1-2,7H2,(H,23,24). The largest absolute Gasteiger partial charge is 0.478 e. The van der Waals surface area contributed by atoms with Crippen LogP contribution in [-0.4, -0.2) is 26.0 Å². The Morgan fingerprint density at radius 1 is 1.11 bits per heavy atom. The fourth-order valence-corrected chi connectivity index (χ4v) is 3.68. The molecule has 0 fully saturated rings.